The quantitative estimate of drug-likeness (QED) is 0.643. The Balaban J connectivity index is 2.24. The number of hydrogen-bond acceptors (Lipinski definition) is 0. The lowest BCUT2D eigenvalue weighted by Crippen LogP contribution is -2.19. The largest absolute Gasteiger partial charge is 0.361 e. The Morgan fingerprint density at radius 2 is 1.75 bits per heavy atom. The van der Waals surface area contributed by atoms with Gasteiger partial charge in [-0.05, 0) is 41.8 Å². The molecule has 1 heterocycles. The molecule has 1 aromatic heterocycles. The summed E-state index contributed by atoms with van der Waals surface area (Å²) in [4.78, 5) is 3.35. The van der Waals surface area contributed by atoms with Crippen LogP contribution in [0.2, 0.25) is 5.02 Å². The number of H-pyrrole nitrogens is 1. The molecule has 3 rings (SSSR count). The summed E-state index contributed by atoms with van der Waals surface area (Å²) < 4.78 is 0. The number of benzene rings is 2. The van der Waals surface area contributed by atoms with Crippen molar-refractivity contribution < 1.29 is 0 Å². The van der Waals surface area contributed by atoms with Crippen molar-refractivity contribution in [1.29, 1.82) is 0 Å². The van der Waals surface area contributed by atoms with Gasteiger partial charge in [-0.1, -0.05) is 49.7 Å². The molecule has 0 aliphatic heterocycles. The number of nitrogens with one attached hydrogen (secondary N) is 1. The molecule has 0 radical (unpaired) electrons. The van der Waals surface area contributed by atoms with Gasteiger partial charge in [-0.3, -0.25) is 0 Å². The summed E-state index contributed by atoms with van der Waals surface area (Å²) in [5.74, 6) is 0. The highest BCUT2D eigenvalue weighted by atomic mass is 35.5. The number of aromatic amines is 1. The maximum atomic E-state index is 6.16. The molecule has 0 unspecified atom stereocenters. The van der Waals surface area contributed by atoms with E-state index in [2.05, 4.69) is 56.2 Å². The number of hydrogen-bond donors (Lipinski definition) is 1. The molecule has 1 N–H and O–H groups in total. The molecule has 0 aliphatic rings. The van der Waals surface area contributed by atoms with E-state index >= 15 is 0 Å². The monoisotopic (exact) mass is 283 g/mol. The highest BCUT2D eigenvalue weighted by molar-refractivity contribution is 6.31. The zero-order chi connectivity index (χ0) is 14.3. The van der Waals surface area contributed by atoms with Gasteiger partial charge in [0.1, 0.15) is 0 Å². The van der Waals surface area contributed by atoms with Crippen molar-refractivity contribution in [3.63, 3.8) is 0 Å². The van der Waals surface area contributed by atoms with Gasteiger partial charge in [0.2, 0.25) is 0 Å². The first-order valence-corrected chi connectivity index (χ1v) is 7.21. The fraction of sp³-hybridized carbons (Fsp3) is 0.222. The third-order valence-electron chi connectivity index (χ3n) is 4.14. The van der Waals surface area contributed by atoms with Gasteiger partial charge in [0.15, 0.2) is 0 Å². The molecule has 0 fully saturated rings. The van der Waals surface area contributed by atoms with Crippen LogP contribution in [0.25, 0.3) is 10.9 Å². The molecule has 0 aliphatic carbocycles. The van der Waals surface area contributed by atoms with Crippen molar-refractivity contribution in [3.05, 3.63) is 70.4 Å². The molecule has 0 atom stereocenters. The summed E-state index contributed by atoms with van der Waals surface area (Å²) in [6.45, 7) is 6.69. The molecule has 0 spiro atoms. The number of halogens is 1. The van der Waals surface area contributed by atoms with Gasteiger partial charge < -0.3 is 4.98 Å². The standard InChI is InChI=1S/C18H18ClN/c1-12-6-4-5-7-15(12)18(2,3)16-11-20-17-9-8-13(19)10-14(16)17/h4-11,20H,1-3H3. The van der Waals surface area contributed by atoms with Crippen LogP contribution in [0.4, 0.5) is 0 Å². The Hall–Kier alpha value is -1.73. The minimum absolute atomic E-state index is 0.0612. The molecule has 0 saturated heterocycles. The topological polar surface area (TPSA) is 15.8 Å². The summed E-state index contributed by atoms with van der Waals surface area (Å²) in [6.07, 6.45) is 2.10. The summed E-state index contributed by atoms with van der Waals surface area (Å²) in [5, 5.41) is 1.98. The maximum absolute atomic E-state index is 6.16. The Labute approximate surface area is 124 Å². The lowest BCUT2D eigenvalue weighted by molar-refractivity contribution is 0.642. The third kappa shape index (κ3) is 2.03. The number of fused-ring (bicyclic) bond motifs is 1. The van der Waals surface area contributed by atoms with Crippen LogP contribution in [-0.2, 0) is 5.41 Å². The smallest absolute Gasteiger partial charge is 0.0458 e. The van der Waals surface area contributed by atoms with Crippen LogP contribution in [0, 0.1) is 6.92 Å². The van der Waals surface area contributed by atoms with E-state index in [1.165, 1.54) is 22.1 Å². The Bertz CT molecular complexity index is 768. The SMILES string of the molecule is Cc1ccccc1C(C)(C)c1c[nH]c2ccc(Cl)cc12. The van der Waals surface area contributed by atoms with Gasteiger partial charge in [-0.15, -0.1) is 0 Å². The molecule has 2 aromatic carbocycles. The van der Waals surface area contributed by atoms with Crippen LogP contribution in [0.1, 0.15) is 30.5 Å². The van der Waals surface area contributed by atoms with Crippen LogP contribution < -0.4 is 0 Å². The first kappa shape index (κ1) is 13.3. The van der Waals surface area contributed by atoms with Gasteiger partial charge in [0.25, 0.3) is 0 Å². The predicted molar refractivity (Wildman–Crippen MR) is 86.6 cm³/mol. The molecular weight excluding hydrogens is 266 g/mol. The molecule has 0 bridgehead atoms. The van der Waals surface area contributed by atoms with Crippen molar-refractivity contribution in [3.8, 4) is 0 Å². The third-order valence-corrected chi connectivity index (χ3v) is 4.37. The van der Waals surface area contributed by atoms with E-state index in [-0.39, 0.29) is 5.41 Å². The zero-order valence-electron chi connectivity index (χ0n) is 12.0. The highest BCUT2D eigenvalue weighted by Crippen LogP contribution is 2.38. The van der Waals surface area contributed by atoms with E-state index in [0.717, 1.165) is 10.5 Å². The minimum Gasteiger partial charge on any atom is -0.361 e. The van der Waals surface area contributed by atoms with E-state index in [9.17, 15) is 0 Å². The fourth-order valence-corrected chi connectivity index (χ4v) is 3.20. The molecule has 2 heteroatoms. The molecule has 102 valence electrons. The lowest BCUT2D eigenvalue weighted by atomic mass is 9.76. The molecule has 3 aromatic rings. The summed E-state index contributed by atoms with van der Waals surface area (Å²) in [5.41, 5.74) is 5.01. The first-order valence-electron chi connectivity index (χ1n) is 6.83. The minimum atomic E-state index is -0.0612. The molecule has 0 saturated carbocycles. The number of aryl methyl sites for hydroxylation is 1. The second kappa shape index (κ2) is 4.68. The van der Waals surface area contributed by atoms with Crippen LogP contribution in [0.5, 0.6) is 0 Å². The van der Waals surface area contributed by atoms with E-state index in [4.69, 9.17) is 11.6 Å². The van der Waals surface area contributed by atoms with E-state index in [1.54, 1.807) is 0 Å². The van der Waals surface area contributed by atoms with Gasteiger partial charge in [-0.2, -0.15) is 0 Å². The average Bonchev–Trinajstić information content (AvgIpc) is 2.82. The second-order valence-electron chi connectivity index (χ2n) is 5.83. The molecule has 0 amide bonds. The van der Waals surface area contributed by atoms with Crippen LogP contribution in [-0.4, -0.2) is 4.98 Å². The molecule has 20 heavy (non-hydrogen) atoms. The van der Waals surface area contributed by atoms with E-state index < -0.39 is 0 Å². The zero-order valence-corrected chi connectivity index (χ0v) is 12.8. The lowest BCUT2D eigenvalue weighted by Gasteiger charge is -2.27. The van der Waals surface area contributed by atoms with Crippen molar-refractivity contribution >= 4 is 22.5 Å². The number of aromatic nitrogens is 1. The van der Waals surface area contributed by atoms with Gasteiger partial charge in [-0.25, -0.2) is 0 Å². The fourth-order valence-electron chi connectivity index (χ4n) is 3.03. The normalized spacial score (nSPS) is 12.0. The Kier molecular flexibility index (Phi) is 3.10. The average molecular weight is 284 g/mol. The summed E-state index contributed by atoms with van der Waals surface area (Å²) in [7, 11) is 0. The van der Waals surface area contributed by atoms with E-state index in [0.29, 0.717) is 0 Å². The van der Waals surface area contributed by atoms with Crippen molar-refractivity contribution in [1.82, 2.24) is 4.98 Å². The van der Waals surface area contributed by atoms with E-state index in [1.807, 2.05) is 18.2 Å². The van der Waals surface area contributed by atoms with Crippen LogP contribution in [0.15, 0.2) is 48.7 Å². The van der Waals surface area contributed by atoms with Crippen molar-refractivity contribution in [2.75, 3.05) is 0 Å². The molecule has 1 nitrogen and oxygen atoms in total. The summed E-state index contributed by atoms with van der Waals surface area (Å²) in [6, 6.07) is 14.6. The van der Waals surface area contributed by atoms with Crippen LogP contribution >= 0.6 is 11.6 Å². The maximum Gasteiger partial charge on any atom is 0.0458 e. The second-order valence-corrected chi connectivity index (χ2v) is 6.27. The molecular formula is C18H18ClN. The number of rotatable bonds is 2. The Morgan fingerprint density at radius 1 is 1.00 bits per heavy atom. The van der Waals surface area contributed by atoms with Gasteiger partial charge in [0.05, 0.1) is 0 Å². The summed E-state index contributed by atoms with van der Waals surface area (Å²) >= 11 is 6.16. The highest BCUT2D eigenvalue weighted by Gasteiger charge is 2.27. The van der Waals surface area contributed by atoms with Gasteiger partial charge >= 0.3 is 0 Å². The van der Waals surface area contributed by atoms with Gasteiger partial charge in [0, 0.05) is 27.5 Å². The predicted octanol–water partition coefficient (Wildman–Crippen LogP) is 5.46. The van der Waals surface area contributed by atoms with Crippen molar-refractivity contribution in [2.45, 2.75) is 26.2 Å². The Morgan fingerprint density at radius 3 is 2.50 bits per heavy atom. The first-order chi connectivity index (χ1) is 9.50. The van der Waals surface area contributed by atoms with Crippen molar-refractivity contribution in [2.24, 2.45) is 0 Å². The van der Waals surface area contributed by atoms with Crippen LogP contribution in [0.3, 0.4) is 0 Å².